The molecule has 26 heavy (non-hydrogen) atoms. The topological polar surface area (TPSA) is 56.5 Å². The van der Waals surface area contributed by atoms with Crippen LogP contribution in [0.2, 0.25) is 0 Å². The minimum Gasteiger partial charge on any atom is -0.423 e. The number of fused-ring (bicyclic) bond motifs is 3. The van der Waals surface area contributed by atoms with E-state index in [0.29, 0.717) is 22.8 Å². The van der Waals surface area contributed by atoms with Crippen LogP contribution in [-0.2, 0) is 12.8 Å². The van der Waals surface area contributed by atoms with Crippen molar-refractivity contribution < 1.29 is 13.9 Å². The van der Waals surface area contributed by atoms with Crippen LogP contribution in [-0.4, -0.2) is 5.97 Å². The van der Waals surface area contributed by atoms with E-state index in [0.717, 1.165) is 35.8 Å². The molecule has 1 aliphatic carbocycles. The molecule has 4 heteroatoms. The molecular formula is C22H20O4. The first kappa shape index (κ1) is 16.6. The molecule has 0 unspecified atom stereocenters. The quantitative estimate of drug-likeness (QED) is 0.393. The van der Waals surface area contributed by atoms with Crippen LogP contribution >= 0.6 is 0 Å². The molecule has 0 amide bonds. The van der Waals surface area contributed by atoms with Crippen LogP contribution in [0.15, 0.2) is 51.7 Å². The van der Waals surface area contributed by atoms with E-state index in [2.05, 4.69) is 13.8 Å². The van der Waals surface area contributed by atoms with E-state index in [4.69, 9.17) is 9.15 Å². The zero-order chi connectivity index (χ0) is 18.3. The molecular weight excluding hydrogens is 328 g/mol. The molecule has 0 aliphatic heterocycles. The average Bonchev–Trinajstić information content (AvgIpc) is 3.12. The fourth-order valence-electron chi connectivity index (χ4n) is 3.50. The fraction of sp³-hybridized carbons (Fsp3) is 0.273. The number of carbonyl (C=O) groups excluding carboxylic acids is 1. The van der Waals surface area contributed by atoms with Crippen LogP contribution in [0.25, 0.3) is 11.0 Å². The number of hydrogen-bond acceptors (Lipinski definition) is 4. The second-order valence-electron chi connectivity index (χ2n) is 7.02. The summed E-state index contributed by atoms with van der Waals surface area (Å²) in [6, 6.07) is 12.6. The van der Waals surface area contributed by atoms with Gasteiger partial charge in [0.25, 0.3) is 0 Å². The Labute approximate surface area is 151 Å². The molecule has 132 valence electrons. The third-order valence-corrected chi connectivity index (χ3v) is 4.97. The van der Waals surface area contributed by atoms with Crippen molar-refractivity contribution in [3.8, 4) is 5.75 Å². The Bertz CT molecular complexity index is 1040. The SMILES string of the molecule is CC(C)c1ccc(C(=O)Oc2ccc3c4c(c(=O)oc3c2)CCC4)cc1. The van der Waals surface area contributed by atoms with Crippen LogP contribution in [0, 0.1) is 0 Å². The lowest BCUT2D eigenvalue weighted by Gasteiger charge is -2.09. The Kier molecular flexibility index (Phi) is 4.11. The van der Waals surface area contributed by atoms with E-state index in [1.54, 1.807) is 24.3 Å². The third kappa shape index (κ3) is 2.92. The van der Waals surface area contributed by atoms with Gasteiger partial charge >= 0.3 is 11.6 Å². The molecule has 0 N–H and O–H groups in total. The Morgan fingerprint density at radius 2 is 1.77 bits per heavy atom. The first-order valence-electron chi connectivity index (χ1n) is 8.93. The summed E-state index contributed by atoms with van der Waals surface area (Å²) in [6.45, 7) is 4.21. The minimum atomic E-state index is -0.428. The van der Waals surface area contributed by atoms with Gasteiger partial charge in [0.2, 0.25) is 0 Å². The molecule has 4 rings (SSSR count). The van der Waals surface area contributed by atoms with Gasteiger partial charge in [-0.25, -0.2) is 9.59 Å². The van der Waals surface area contributed by atoms with Gasteiger partial charge in [-0.2, -0.15) is 0 Å². The van der Waals surface area contributed by atoms with Gasteiger partial charge in [0.1, 0.15) is 11.3 Å². The highest BCUT2D eigenvalue weighted by atomic mass is 16.5. The molecule has 0 fully saturated rings. The highest BCUT2D eigenvalue weighted by Crippen LogP contribution is 2.30. The van der Waals surface area contributed by atoms with E-state index in [9.17, 15) is 9.59 Å². The van der Waals surface area contributed by atoms with Crippen LogP contribution in [0.3, 0.4) is 0 Å². The summed E-state index contributed by atoms with van der Waals surface area (Å²) < 4.78 is 10.9. The number of hydrogen-bond donors (Lipinski definition) is 0. The van der Waals surface area contributed by atoms with E-state index >= 15 is 0 Å². The maximum atomic E-state index is 12.4. The summed E-state index contributed by atoms with van der Waals surface area (Å²) in [5, 5.41) is 0.929. The number of rotatable bonds is 3. The van der Waals surface area contributed by atoms with Gasteiger partial charge < -0.3 is 9.15 Å². The van der Waals surface area contributed by atoms with E-state index in [1.807, 2.05) is 18.2 Å². The van der Waals surface area contributed by atoms with Gasteiger partial charge in [-0.1, -0.05) is 26.0 Å². The summed E-state index contributed by atoms with van der Waals surface area (Å²) >= 11 is 0. The lowest BCUT2D eigenvalue weighted by molar-refractivity contribution is 0.0735. The van der Waals surface area contributed by atoms with E-state index in [-0.39, 0.29) is 5.63 Å². The number of ether oxygens (including phenoxy) is 1. The minimum absolute atomic E-state index is 0.280. The van der Waals surface area contributed by atoms with Crippen molar-refractivity contribution in [2.24, 2.45) is 0 Å². The van der Waals surface area contributed by atoms with Crippen LogP contribution < -0.4 is 10.4 Å². The van der Waals surface area contributed by atoms with Crippen LogP contribution in [0.5, 0.6) is 5.75 Å². The monoisotopic (exact) mass is 348 g/mol. The molecule has 3 aromatic rings. The van der Waals surface area contributed by atoms with Gasteiger partial charge in [0.15, 0.2) is 0 Å². The number of aryl methyl sites for hydroxylation is 1. The number of esters is 1. The molecule has 1 heterocycles. The largest absolute Gasteiger partial charge is 0.423 e. The molecule has 4 nitrogen and oxygen atoms in total. The zero-order valence-corrected chi connectivity index (χ0v) is 14.9. The zero-order valence-electron chi connectivity index (χ0n) is 14.9. The third-order valence-electron chi connectivity index (χ3n) is 4.97. The summed E-state index contributed by atoms with van der Waals surface area (Å²) in [5.41, 5.74) is 3.70. The van der Waals surface area contributed by atoms with Gasteiger partial charge in [-0.15, -0.1) is 0 Å². The molecule has 1 aliphatic rings. The molecule has 0 atom stereocenters. The smallest absolute Gasteiger partial charge is 0.343 e. The van der Waals surface area contributed by atoms with Crippen molar-refractivity contribution in [1.82, 2.24) is 0 Å². The van der Waals surface area contributed by atoms with E-state index in [1.165, 1.54) is 5.56 Å². The van der Waals surface area contributed by atoms with Gasteiger partial charge in [0.05, 0.1) is 5.56 Å². The molecule has 0 spiro atoms. The van der Waals surface area contributed by atoms with E-state index < -0.39 is 5.97 Å². The van der Waals surface area contributed by atoms with Crippen molar-refractivity contribution in [1.29, 1.82) is 0 Å². The second-order valence-corrected chi connectivity index (χ2v) is 7.02. The lowest BCUT2D eigenvalue weighted by Crippen LogP contribution is -2.09. The Balaban J connectivity index is 1.62. The average molecular weight is 348 g/mol. The normalized spacial score (nSPS) is 13.2. The molecule has 0 radical (unpaired) electrons. The van der Waals surface area contributed by atoms with Crippen LogP contribution in [0.4, 0.5) is 0 Å². The predicted molar refractivity (Wildman–Crippen MR) is 100.0 cm³/mol. The second kappa shape index (κ2) is 6.45. The maximum Gasteiger partial charge on any atom is 0.343 e. The van der Waals surface area contributed by atoms with Crippen molar-refractivity contribution >= 4 is 16.9 Å². The van der Waals surface area contributed by atoms with Crippen molar-refractivity contribution in [3.63, 3.8) is 0 Å². The molecule has 0 saturated heterocycles. The fourth-order valence-corrected chi connectivity index (χ4v) is 3.50. The first-order chi connectivity index (χ1) is 12.5. The Morgan fingerprint density at radius 1 is 1.04 bits per heavy atom. The van der Waals surface area contributed by atoms with Crippen LogP contribution in [0.1, 0.15) is 53.2 Å². The number of carbonyl (C=O) groups is 1. The lowest BCUT2D eigenvalue weighted by atomic mass is 10.0. The highest BCUT2D eigenvalue weighted by molar-refractivity contribution is 5.92. The standard InChI is InChI=1S/C22H20O4/c1-13(2)14-6-8-15(9-7-14)21(23)25-16-10-11-18-17-4-3-5-19(17)22(24)26-20(18)12-16/h6-13H,3-5H2,1-2H3. The van der Waals surface area contributed by atoms with Gasteiger partial charge in [0, 0.05) is 17.0 Å². The van der Waals surface area contributed by atoms with Crippen molar-refractivity contribution in [3.05, 3.63) is 75.1 Å². The van der Waals surface area contributed by atoms with Crippen molar-refractivity contribution in [2.75, 3.05) is 0 Å². The van der Waals surface area contributed by atoms with Crippen molar-refractivity contribution in [2.45, 2.75) is 39.0 Å². The van der Waals surface area contributed by atoms with Gasteiger partial charge in [-0.05, 0) is 60.6 Å². The Morgan fingerprint density at radius 3 is 2.50 bits per heavy atom. The first-order valence-corrected chi connectivity index (χ1v) is 8.93. The Hall–Kier alpha value is -2.88. The highest BCUT2D eigenvalue weighted by Gasteiger charge is 2.20. The molecule has 0 saturated carbocycles. The number of benzene rings is 2. The summed E-state index contributed by atoms with van der Waals surface area (Å²) in [7, 11) is 0. The molecule has 0 bridgehead atoms. The van der Waals surface area contributed by atoms with Gasteiger partial charge in [-0.3, -0.25) is 0 Å². The summed E-state index contributed by atoms with van der Waals surface area (Å²) in [6.07, 6.45) is 2.64. The molecule has 2 aromatic carbocycles. The molecule has 1 aromatic heterocycles. The predicted octanol–water partition coefficient (Wildman–Crippen LogP) is 4.62. The summed E-state index contributed by atoms with van der Waals surface area (Å²) in [5.74, 6) is 0.352. The maximum absolute atomic E-state index is 12.4. The summed E-state index contributed by atoms with van der Waals surface area (Å²) in [4.78, 5) is 24.5.